The normalized spacial score (nSPS) is 11.5. The summed E-state index contributed by atoms with van der Waals surface area (Å²) < 4.78 is 18.3. The highest BCUT2D eigenvalue weighted by atomic mass is 19.1. The zero-order chi connectivity index (χ0) is 11.3. The summed E-state index contributed by atoms with van der Waals surface area (Å²) in [6.07, 6.45) is 0.254. The molecular weight excluding hydrogens is 199 g/mol. The van der Waals surface area contributed by atoms with Crippen LogP contribution in [0.4, 0.5) is 4.39 Å². The van der Waals surface area contributed by atoms with Crippen molar-refractivity contribution in [2.45, 2.75) is 13.3 Å². The molecule has 0 radical (unpaired) electrons. The van der Waals surface area contributed by atoms with Crippen molar-refractivity contribution in [1.29, 1.82) is 0 Å². The summed E-state index contributed by atoms with van der Waals surface area (Å²) >= 11 is 0. The van der Waals surface area contributed by atoms with Crippen molar-refractivity contribution in [3.8, 4) is 5.75 Å². The highest BCUT2D eigenvalue weighted by molar-refractivity contribution is 5.79. The molecule has 1 aromatic carbocycles. The summed E-state index contributed by atoms with van der Waals surface area (Å²) in [4.78, 5) is 0. The minimum atomic E-state index is -0.417. The Morgan fingerprint density at radius 3 is 3.00 bits per heavy atom. The van der Waals surface area contributed by atoms with Crippen LogP contribution in [0.15, 0.2) is 23.4 Å². The van der Waals surface area contributed by atoms with Crippen molar-refractivity contribution in [3.63, 3.8) is 0 Å². The molecule has 0 unspecified atom stereocenters. The van der Waals surface area contributed by atoms with Crippen LogP contribution in [0.5, 0.6) is 5.75 Å². The third-order valence-corrected chi connectivity index (χ3v) is 1.83. The van der Waals surface area contributed by atoms with Gasteiger partial charge in [-0.05, 0) is 24.6 Å². The first-order chi connectivity index (χ1) is 7.13. The van der Waals surface area contributed by atoms with Gasteiger partial charge in [0.05, 0.1) is 6.61 Å². The van der Waals surface area contributed by atoms with Gasteiger partial charge in [0, 0.05) is 6.42 Å². The highest BCUT2D eigenvalue weighted by Crippen LogP contribution is 2.18. The van der Waals surface area contributed by atoms with Crippen molar-refractivity contribution in [3.05, 3.63) is 29.6 Å². The molecule has 3 N–H and O–H groups in total. The number of ether oxygens (including phenoxy) is 1. The number of amidine groups is 1. The van der Waals surface area contributed by atoms with E-state index in [0.29, 0.717) is 0 Å². The standard InChI is InChI=1S/C10H13FN2O2/c1-7-2-3-8(11)9(6-7)15-5-4-10(12)13-14/h2-3,6,14H,4-5H2,1H3,(H2,12,13). The molecule has 0 atom stereocenters. The monoisotopic (exact) mass is 212 g/mol. The van der Waals surface area contributed by atoms with Crippen molar-refractivity contribution in [1.82, 2.24) is 0 Å². The van der Waals surface area contributed by atoms with Crippen LogP contribution in [0.3, 0.4) is 0 Å². The number of oxime groups is 1. The van der Waals surface area contributed by atoms with Crippen LogP contribution in [0.25, 0.3) is 0 Å². The first kappa shape index (κ1) is 11.3. The lowest BCUT2D eigenvalue weighted by molar-refractivity contribution is 0.298. The van der Waals surface area contributed by atoms with E-state index in [4.69, 9.17) is 15.7 Å². The molecule has 0 bridgehead atoms. The molecule has 0 aliphatic rings. The van der Waals surface area contributed by atoms with E-state index in [1.807, 2.05) is 6.92 Å². The SMILES string of the molecule is Cc1ccc(F)c(OCCC(N)=NO)c1. The Morgan fingerprint density at radius 1 is 1.60 bits per heavy atom. The zero-order valence-electron chi connectivity index (χ0n) is 8.40. The maximum Gasteiger partial charge on any atom is 0.165 e. The van der Waals surface area contributed by atoms with Gasteiger partial charge in [0.2, 0.25) is 0 Å². The summed E-state index contributed by atoms with van der Waals surface area (Å²) in [5, 5.41) is 11.0. The fourth-order valence-electron chi connectivity index (χ4n) is 1.04. The maximum absolute atomic E-state index is 13.1. The molecular formula is C10H13FN2O2. The second-order valence-corrected chi connectivity index (χ2v) is 3.12. The smallest absolute Gasteiger partial charge is 0.165 e. The Balaban J connectivity index is 2.54. The number of halogens is 1. The number of hydrogen-bond donors (Lipinski definition) is 2. The van der Waals surface area contributed by atoms with Crippen LogP contribution < -0.4 is 10.5 Å². The topological polar surface area (TPSA) is 67.8 Å². The number of benzene rings is 1. The summed E-state index contributed by atoms with van der Waals surface area (Å²) in [5.41, 5.74) is 6.14. The van der Waals surface area contributed by atoms with Crippen LogP contribution in [0.1, 0.15) is 12.0 Å². The van der Waals surface area contributed by atoms with Gasteiger partial charge < -0.3 is 15.7 Å². The molecule has 0 saturated heterocycles. The van der Waals surface area contributed by atoms with Crippen LogP contribution in [-0.4, -0.2) is 17.6 Å². The fourth-order valence-corrected chi connectivity index (χ4v) is 1.04. The predicted octanol–water partition coefficient (Wildman–Crippen LogP) is 1.65. The Kier molecular flexibility index (Phi) is 3.91. The second kappa shape index (κ2) is 5.19. The molecule has 0 aliphatic heterocycles. The van der Waals surface area contributed by atoms with Crippen molar-refractivity contribution < 1.29 is 14.3 Å². The van der Waals surface area contributed by atoms with Gasteiger partial charge in [-0.25, -0.2) is 4.39 Å². The van der Waals surface area contributed by atoms with E-state index in [0.717, 1.165) is 5.56 Å². The average molecular weight is 212 g/mol. The quantitative estimate of drug-likeness (QED) is 0.345. The van der Waals surface area contributed by atoms with Crippen LogP contribution in [0.2, 0.25) is 0 Å². The maximum atomic E-state index is 13.1. The lowest BCUT2D eigenvalue weighted by Crippen LogP contribution is -2.15. The third kappa shape index (κ3) is 3.46. The number of hydrogen-bond acceptors (Lipinski definition) is 3. The summed E-state index contributed by atoms with van der Waals surface area (Å²) in [7, 11) is 0. The molecule has 82 valence electrons. The summed E-state index contributed by atoms with van der Waals surface area (Å²) in [6, 6.07) is 4.60. The Labute approximate surface area is 87.2 Å². The second-order valence-electron chi connectivity index (χ2n) is 3.12. The van der Waals surface area contributed by atoms with Crippen LogP contribution in [0, 0.1) is 12.7 Å². The first-order valence-corrected chi connectivity index (χ1v) is 4.49. The number of aryl methyl sites for hydroxylation is 1. The van der Waals surface area contributed by atoms with Crippen molar-refractivity contribution in [2.75, 3.05) is 6.61 Å². The molecule has 0 heterocycles. The van der Waals surface area contributed by atoms with E-state index < -0.39 is 5.82 Å². The number of nitrogens with zero attached hydrogens (tertiary/aromatic N) is 1. The Hall–Kier alpha value is -1.78. The molecule has 5 heteroatoms. The van der Waals surface area contributed by atoms with Gasteiger partial charge in [-0.2, -0.15) is 0 Å². The zero-order valence-corrected chi connectivity index (χ0v) is 8.40. The predicted molar refractivity (Wildman–Crippen MR) is 54.7 cm³/mol. The lowest BCUT2D eigenvalue weighted by atomic mass is 10.2. The van der Waals surface area contributed by atoms with Gasteiger partial charge in [-0.3, -0.25) is 0 Å². The summed E-state index contributed by atoms with van der Waals surface area (Å²) in [5.74, 6) is -0.177. The van der Waals surface area contributed by atoms with Gasteiger partial charge in [-0.15, -0.1) is 0 Å². The van der Waals surface area contributed by atoms with Crippen molar-refractivity contribution >= 4 is 5.84 Å². The van der Waals surface area contributed by atoms with Gasteiger partial charge in [0.15, 0.2) is 11.6 Å². The molecule has 0 aliphatic carbocycles. The van der Waals surface area contributed by atoms with E-state index in [-0.39, 0.29) is 24.6 Å². The van der Waals surface area contributed by atoms with E-state index in [1.54, 1.807) is 12.1 Å². The molecule has 0 aromatic heterocycles. The molecule has 1 rings (SSSR count). The lowest BCUT2D eigenvalue weighted by Gasteiger charge is -2.07. The molecule has 0 amide bonds. The van der Waals surface area contributed by atoms with Crippen molar-refractivity contribution in [2.24, 2.45) is 10.9 Å². The van der Waals surface area contributed by atoms with E-state index >= 15 is 0 Å². The number of nitrogens with two attached hydrogens (primary N) is 1. The third-order valence-electron chi connectivity index (χ3n) is 1.83. The highest BCUT2D eigenvalue weighted by Gasteiger charge is 2.03. The minimum Gasteiger partial charge on any atom is -0.490 e. The Bertz CT molecular complexity index is 366. The fraction of sp³-hybridized carbons (Fsp3) is 0.300. The Morgan fingerprint density at radius 2 is 2.33 bits per heavy atom. The van der Waals surface area contributed by atoms with Gasteiger partial charge in [0.1, 0.15) is 5.84 Å². The van der Waals surface area contributed by atoms with E-state index in [9.17, 15) is 4.39 Å². The number of rotatable bonds is 4. The van der Waals surface area contributed by atoms with Gasteiger partial charge in [-0.1, -0.05) is 11.2 Å². The molecule has 0 saturated carbocycles. The molecule has 0 spiro atoms. The average Bonchev–Trinajstić information content (AvgIpc) is 2.23. The molecule has 1 aromatic rings. The van der Waals surface area contributed by atoms with Gasteiger partial charge in [0.25, 0.3) is 0 Å². The largest absolute Gasteiger partial charge is 0.490 e. The first-order valence-electron chi connectivity index (χ1n) is 4.49. The van der Waals surface area contributed by atoms with Crippen LogP contribution in [-0.2, 0) is 0 Å². The van der Waals surface area contributed by atoms with E-state index in [2.05, 4.69) is 5.16 Å². The van der Waals surface area contributed by atoms with Crippen LogP contribution >= 0.6 is 0 Å². The molecule has 15 heavy (non-hydrogen) atoms. The minimum absolute atomic E-state index is 0.0584. The van der Waals surface area contributed by atoms with Gasteiger partial charge >= 0.3 is 0 Å². The summed E-state index contributed by atoms with van der Waals surface area (Å²) in [6.45, 7) is 2.02. The molecule has 0 fully saturated rings. The van der Waals surface area contributed by atoms with E-state index in [1.165, 1.54) is 6.07 Å². The molecule has 4 nitrogen and oxygen atoms in total.